The molecular formula is C18H37NO. The third kappa shape index (κ3) is 6.58. The SMILES string of the molecule is CCCCC1CCC(CNCCOC)(CC(C)C)CC1. The number of unbranched alkanes of at least 4 members (excludes halogenated alkanes) is 1. The monoisotopic (exact) mass is 283 g/mol. The maximum absolute atomic E-state index is 5.14. The van der Waals surface area contributed by atoms with Crippen LogP contribution in [0.2, 0.25) is 0 Å². The van der Waals surface area contributed by atoms with E-state index in [0.717, 1.165) is 25.0 Å². The molecule has 0 amide bonds. The highest BCUT2D eigenvalue weighted by atomic mass is 16.5. The molecule has 1 rings (SSSR count). The van der Waals surface area contributed by atoms with E-state index in [1.807, 2.05) is 0 Å². The second-order valence-corrected chi connectivity index (χ2v) is 7.35. The molecule has 0 atom stereocenters. The van der Waals surface area contributed by atoms with E-state index in [1.54, 1.807) is 7.11 Å². The molecule has 1 N–H and O–H groups in total. The van der Waals surface area contributed by atoms with Crippen molar-refractivity contribution >= 4 is 0 Å². The number of rotatable bonds is 10. The molecule has 1 aliphatic rings. The average Bonchev–Trinajstić information content (AvgIpc) is 2.42. The van der Waals surface area contributed by atoms with E-state index < -0.39 is 0 Å². The van der Waals surface area contributed by atoms with Crippen LogP contribution in [0.1, 0.15) is 72.1 Å². The van der Waals surface area contributed by atoms with Gasteiger partial charge in [0, 0.05) is 20.2 Å². The molecule has 0 aromatic carbocycles. The molecule has 2 nitrogen and oxygen atoms in total. The van der Waals surface area contributed by atoms with Gasteiger partial charge in [0.1, 0.15) is 0 Å². The zero-order valence-corrected chi connectivity index (χ0v) is 14.3. The summed E-state index contributed by atoms with van der Waals surface area (Å²) in [7, 11) is 1.78. The summed E-state index contributed by atoms with van der Waals surface area (Å²) in [6.07, 6.45) is 11.4. The lowest BCUT2D eigenvalue weighted by molar-refractivity contribution is 0.107. The molecule has 1 fully saturated rings. The Morgan fingerprint density at radius 2 is 1.95 bits per heavy atom. The van der Waals surface area contributed by atoms with Crippen molar-refractivity contribution in [2.75, 3.05) is 26.8 Å². The summed E-state index contributed by atoms with van der Waals surface area (Å²) in [4.78, 5) is 0. The van der Waals surface area contributed by atoms with E-state index >= 15 is 0 Å². The first-order chi connectivity index (χ1) is 9.62. The number of ether oxygens (including phenoxy) is 1. The Kier molecular flexibility index (Phi) is 8.79. The van der Waals surface area contributed by atoms with Gasteiger partial charge in [-0.05, 0) is 49.4 Å². The molecule has 0 radical (unpaired) electrons. The fourth-order valence-corrected chi connectivity index (χ4v) is 3.92. The highest BCUT2D eigenvalue weighted by Crippen LogP contribution is 2.44. The highest BCUT2D eigenvalue weighted by molar-refractivity contribution is 4.88. The first kappa shape index (κ1) is 18.0. The van der Waals surface area contributed by atoms with Gasteiger partial charge in [-0.15, -0.1) is 0 Å². The van der Waals surface area contributed by atoms with Crippen LogP contribution < -0.4 is 5.32 Å². The molecule has 2 heteroatoms. The molecule has 1 saturated carbocycles. The van der Waals surface area contributed by atoms with E-state index in [1.165, 1.54) is 57.9 Å². The summed E-state index contributed by atoms with van der Waals surface area (Å²) >= 11 is 0. The largest absolute Gasteiger partial charge is 0.383 e. The van der Waals surface area contributed by atoms with E-state index in [4.69, 9.17) is 4.74 Å². The van der Waals surface area contributed by atoms with Crippen molar-refractivity contribution in [3.05, 3.63) is 0 Å². The molecule has 0 spiro atoms. The second-order valence-electron chi connectivity index (χ2n) is 7.35. The van der Waals surface area contributed by atoms with Crippen molar-refractivity contribution in [3.63, 3.8) is 0 Å². The first-order valence-corrected chi connectivity index (χ1v) is 8.81. The summed E-state index contributed by atoms with van der Waals surface area (Å²) in [5.74, 6) is 1.82. The van der Waals surface area contributed by atoms with E-state index in [-0.39, 0.29) is 0 Å². The fourth-order valence-electron chi connectivity index (χ4n) is 3.92. The van der Waals surface area contributed by atoms with Crippen molar-refractivity contribution in [1.29, 1.82) is 0 Å². The van der Waals surface area contributed by atoms with Gasteiger partial charge in [0.2, 0.25) is 0 Å². The molecule has 20 heavy (non-hydrogen) atoms. The van der Waals surface area contributed by atoms with Crippen LogP contribution in [0, 0.1) is 17.3 Å². The van der Waals surface area contributed by atoms with Crippen LogP contribution in [0.5, 0.6) is 0 Å². The molecule has 0 aromatic heterocycles. The van der Waals surface area contributed by atoms with Gasteiger partial charge >= 0.3 is 0 Å². The first-order valence-electron chi connectivity index (χ1n) is 8.81. The number of hydrogen-bond acceptors (Lipinski definition) is 2. The molecule has 0 unspecified atom stereocenters. The second kappa shape index (κ2) is 9.78. The number of hydrogen-bond donors (Lipinski definition) is 1. The highest BCUT2D eigenvalue weighted by Gasteiger charge is 2.35. The van der Waals surface area contributed by atoms with Crippen LogP contribution in [0.4, 0.5) is 0 Å². The lowest BCUT2D eigenvalue weighted by atomic mass is 9.66. The quantitative estimate of drug-likeness (QED) is 0.590. The summed E-state index contributed by atoms with van der Waals surface area (Å²) in [5.41, 5.74) is 0.560. The lowest BCUT2D eigenvalue weighted by Crippen LogP contribution is -2.39. The van der Waals surface area contributed by atoms with Gasteiger partial charge in [-0.25, -0.2) is 0 Å². The Bertz CT molecular complexity index is 232. The van der Waals surface area contributed by atoms with Gasteiger partial charge in [-0.3, -0.25) is 0 Å². The van der Waals surface area contributed by atoms with Crippen molar-refractivity contribution in [3.8, 4) is 0 Å². The third-order valence-electron chi connectivity index (χ3n) is 4.96. The molecule has 0 bridgehead atoms. The molecule has 0 aliphatic heterocycles. The van der Waals surface area contributed by atoms with Crippen LogP contribution in [-0.4, -0.2) is 26.8 Å². The molecule has 1 aliphatic carbocycles. The van der Waals surface area contributed by atoms with Gasteiger partial charge in [0.05, 0.1) is 6.61 Å². The summed E-state index contributed by atoms with van der Waals surface area (Å²) in [6.45, 7) is 10.1. The molecular weight excluding hydrogens is 246 g/mol. The minimum atomic E-state index is 0.560. The summed E-state index contributed by atoms with van der Waals surface area (Å²) < 4.78 is 5.14. The Balaban J connectivity index is 2.41. The molecule has 0 aromatic rings. The normalized spacial score (nSPS) is 27.1. The Labute approximate surface area is 127 Å². The molecule has 0 saturated heterocycles. The fraction of sp³-hybridized carbons (Fsp3) is 1.00. The van der Waals surface area contributed by atoms with Crippen molar-refractivity contribution in [1.82, 2.24) is 5.32 Å². The standard InChI is InChI=1S/C18H37NO/c1-5-6-7-17-8-10-18(11-9-17,14-16(2)3)15-19-12-13-20-4/h16-17,19H,5-15H2,1-4H3. The lowest BCUT2D eigenvalue weighted by Gasteiger charge is -2.42. The van der Waals surface area contributed by atoms with Crippen LogP contribution in [-0.2, 0) is 4.74 Å². The zero-order valence-electron chi connectivity index (χ0n) is 14.3. The van der Waals surface area contributed by atoms with Gasteiger partial charge in [0.25, 0.3) is 0 Å². The van der Waals surface area contributed by atoms with Crippen LogP contribution in [0.15, 0.2) is 0 Å². The Hall–Kier alpha value is -0.0800. The summed E-state index contributed by atoms with van der Waals surface area (Å²) in [5, 5.41) is 3.64. The minimum Gasteiger partial charge on any atom is -0.383 e. The Morgan fingerprint density at radius 3 is 2.50 bits per heavy atom. The van der Waals surface area contributed by atoms with Gasteiger partial charge < -0.3 is 10.1 Å². The smallest absolute Gasteiger partial charge is 0.0587 e. The van der Waals surface area contributed by atoms with Gasteiger partial charge in [-0.2, -0.15) is 0 Å². The van der Waals surface area contributed by atoms with Crippen LogP contribution in [0.3, 0.4) is 0 Å². The Morgan fingerprint density at radius 1 is 1.25 bits per heavy atom. The van der Waals surface area contributed by atoms with E-state index in [0.29, 0.717) is 5.41 Å². The number of methoxy groups -OCH3 is 1. The minimum absolute atomic E-state index is 0.560. The zero-order chi connectivity index (χ0) is 14.8. The van der Waals surface area contributed by atoms with Crippen molar-refractivity contribution in [2.24, 2.45) is 17.3 Å². The molecule has 120 valence electrons. The predicted octanol–water partition coefficient (Wildman–Crippen LogP) is 4.64. The summed E-state index contributed by atoms with van der Waals surface area (Å²) in [6, 6.07) is 0. The number of nitrogens with one attached hydrogen (secondary N) is 1. The van der Waals surface area contributed by atoms with Gasteiger partial charge in [0.15, 0.2) is 0 Å². The average molecular weight is 284 g/mol. The molecule has 0 heterocycles. The van der Waals surface area contributed by atoms with Crippen LogP contribution in [0.25, 0.3) is 0 Å². The third-order valence-corrected chi connectivity index (χ3v) is 4.96. The van der Waals surface area contributed by atoms with E-state index in [9.17, 15) is 0 Å². The van der Waals surface area contributed by atoms with E-state index in [2.05, 4.69) is 26.1 Å². The predicted molar refractivity (Wildman–Crippen MR) is 88.1 cm³/mol. The van der Waals surface area contributed by atoms with Gasteiger partial charge in [-0.1, -0.05) is 40.0 Å². The maximum atomic E-state index is 5.14. The van der Waals surface area contributed by atoms with Crippen LogP contribution >= 0.6 is 0 Å². The van der Waals surface area contributed by atoms with Crippen molar-refractivity contribution < 1.29 is 4.74 Å². The topological polar surface area (TPSA) is 21.3 Å². The van der Waals surface area contributed by atoms with Crippen molar-refractivity contribution in [2.45, 2.75) is 72.1 Å². The maximum Gasteiger partial charge on any atom is 0.0587 e.